The number of rotatable bonds is 6. The Morgan fingerprint density at radius 1 is 1.07 bits per heavy atom. The summed E-state index contributed by atoms with van der Waals surface area (Å²) in [5.41, 5.74) is 0.879. The highest BCUT2D eigenvalue weighted by Crippen LogP contribution is 2.27. The van der Waals surface area contributed by atoms with E-state index in [0.717, 1.165) is 36.2 Å². The maximum atomic E-state index is 14.0. The number of carbonyl (C=O) groups excluding carboxylic acids is 4. The average Bonchev–Trinajstić information content (AvgIpc) is 3.28. The average molecular weight is 602 g/mol. The van der Waals surface area contributed by atoms with E-state index in [9.17, 15) is 23.6 Å². The molecule has 3 unspecified atom stereocenters. The Kier molecular flexibility index (Phi) is 9.85. The van der Waals surface area contributed by atoms with Crippen LogP contribution in [0, 0.1) is 24.6 Å². The molecular weight excluding hydrogens is 561 g/mol. The first-order chi connectivity index (χ1) is 19.8. The summed E-state index contributed by atoms with van der Waals surface area (Å²) in [5, 5.41) is 5.92. The molecule has 0 radical (unpaired) electrons. The summed E-state index contributed by atoms with van der Waals surface area (Å²) >= 11 is 1.10. The van der Waals surface area contributed by atoms with Gasteiger partial charge in [0.1, 0.15) is 11.4 Å². The molecule has 0 saturated carbocycles. The van der Waals surface area contributed by atoms with E-state index in [1.165, 1.54) is 24.0 Å². The predicted molar refractivity (Wildman–Crippen MR) is 158 cm³/mol. The summed E-state index contributed by atoms with van der Waals surface area (Å²) in [5.74, 6) is -0.985. The van der Waals surface area contributed by atoms with Crippen LogP contribution in [0.1, 0.15) is 67.9 Å². The van der Waals surface area contributed by atoms with Gasteiger partial charge in [-0.2, -0.15) is 0 Å². The van der Waals surface area contributed by atoms with E-state index in [1.54, 1.807) is 39.8 Å². The number of carbonyl (C=O) groups is 4. The normalized spacial score (nSPS) is 21.0. The standard InChI is InChI=1S/C30H40FN5O5S/c1-18-25(19(2)37)42-28(32-18)34-27(39)33-24-12-14-36(29(40)41-30(3,4)5)17-23(24)26(38)35-13-6-7-21(16-35)15-20-8-10-22(31)11-9-20/h8-11,21,23-24H,6-7,12-17H2,1-5H3,(H2,32,33,34,39). The van der Waals surface area contributed by atoms with Crippen LogP contribution in [0.25, 0.3) is 0 Å². The number of anilines is 1. The second kappa shape index (κ2) is 13.2. The molecule has 10 nitrogen and oxygen atoms in total. The zero-order valence-electron chi connectivity index (χ0n) is 24.9. The number of Topliss-reactive ketones (excluding diaryl/α,β-unsaturated/α-hetero) is 1. The number of nitrogens with zero attached hydrogens (tertiary/aromatic N) is 3. The number of amides is 4. The van der Waals surface area contributed by atoms with Gasteiger partial charge in [0.2, 0.25) is 5.91 Å². The third kappa shape index (κ3) is 8.27. The fraction of sp³-hybridized carbons (Fsp3) is 0.567. The second-order valence-electron chi connectivity index (χ2n) is 12.1. The smallest absolute Gasteiger partial charge is 0.410 e. The number of aryl methyl sites for hydroxylation is 1. The van der Waals surface area contributed by atoms with Gasteiger partial charge in [0, 0.05) is 39.1 Å². The molecule has 12 heteroatoms. The van der Waals surface area contributed by atoms with Crippen molar-refractivity contribution in [3.63, 3.8) is 0 Å². The highest BCUT2D eigenvalue weighted by Gasteiger charge is 2.41. The molecule has 4 rings (SSSR count). The van der Waals surface area contributed by atoms with Crippen molar-refractivity contribution in [2.45, 2.75) is 71.9 Å². The van der Waals surface area contributed by atoms with Crippen LogP contribution in [0.15, 0.2) is 24.3 Å². The molecule has 2 aliphatic heterocycles. The molecule has 1 aromatic heterocycles. The van der Waals surface area contributed by atoms with Crippen LogP contribution in [0.3, 0.4) is 0 Å². The van der Waals surface area contributed by atoms with Crippen LogP contribution < -0.4 is 10.6 Å². The number of aromatic nitrogens is 1. The number of hydrogen-bond donors (Lipinski definition) is 2. The number of benzene rings is 1. The Bertz CT molecular complexity index is 1310. The van der Waals surface area contributed by atoms with Crippen molar-refractivity contribution in [1.82, 2.24) is 20.1 Å². The van der Waals surface area contributed by atoms with Crippen molar-refractivity contribution in [3.8, 4) is 0 Å². The molecule has 1 aromatic carbocycles. The van der Waals surface area contributed by atoms with Crippen LogP contribution in [0.4, 0.5) is 19.1 Å². The molecule has 2 saturated heterocycles. The van der Waals surface area contributed by atoms with Gasteiger partial charge >= 0.3 is 12.1 Å². The molecule has 42 heavy (non-hydrogen) atoms. The molecule has 228 valence electrons. The van der Waals surface area contributed by atoms with E-state index in [1.807, 2.05) is 4.90 Å². The minimum atomic E-state index is -0.684. The zero-order chi connectivity index (χ0) is 30.6. The lowest BCUT2D eigenvalue weighted by Gasteiger charge is -2.42. The molecule has 2 aromatic rings. The number of piperidine rings is 2. The maximum absolute atomic E-state index is 14.0. The van der Waals surface area contributed by atoms with Gasteiger partial charge in [-0.3, -0.25) is 14.9 Å². The van der Waals surface area contributed by atoms with E-state index >= 15 is 0 Å². The van der Waals surface area contributed by atoms with E-state index < -0.39 is 29.7 Å². The lowest BCUT2D eigenvalue weighted by Crippen LogP contribution is -2.59. The van der Waals surface area contributed by atoms with Gasteiger partial charge in [-0.05, 0) is 77.0 Å². The molecule has 0 bridgehead atoms. The Labute approximate surface area is 250 Å². The summed E-state index contributed by atoms with van der Waals surface area (Å²) in [6.07, 6.45) is 2.39. The monoisotopic (exact) mass is 601 g/mol. The third-order valence-corrected chi connectivity index (χ3v) is 8.68. The number of hydrogen-bond acceptors (Lipinski definition) is 7. The number of urea groups is 1. The Morgan fingerprint density at radius 2 is 1.79 bits per heavy atom. The summed E-state index contributed by atoms with van der Waals surface area (Å²) in [6, 6.07) is 5.39. The summed E-state index contributed by atoms with van der Waals surface area (Å²) in [4.78, 5) is 59.8. The van der Waals surface area contributed by atoms with Gasteiger partial charge in [0.15, 0.2) is 10.9 Å². The summed E-state index contributed by atoms with van der Waals surface area (Å²) < 4.78 is 18.9. The van der Waals surface area contributed by atoms with Crippen molar-refractivity contribution in [3.05, 3.63) is 46.2 Å². The predicted octanol–water partition coefficient (Wildman–Crippen LogP) is 5.02. The molecular formula is C30H40FN5O5S. The number of likely N-dealkylation sites (tertiary alicyclic amines) is 2. The first kappa shape index (κ1) is 31.4. The lowest BCUT2D eigenvalue weighted by atomic mass is 9.87. The van der Waals surface area contributed by atoms with Gasteiger partial charge < -0.3 is 19.9 Å². The number of halogens is 1. The van der Waals surface area contributed by atoms with Crippen LogP contribution in [0.5, 0.6) is 0 Å². The minimum Gasteiger partial charge on any atom is -0.444 e. The molecule has 3 heterocycles. The maximum Gasteiger partial charge on any atom is 0.410 e. The van der Waals surface area contributed by atoms with Crippen molar-refractivity contribution in [2.75, 3.05) is 31.5 Å². The van der Waals surface area contributed by atoms with Crippen molar-refractivity contribution >= 4 is 40.3 Å². The van der Waals surface area contributed by atoms with Gasteiger partial charge in [-0.25, -0.2) is 19.0 Å². The summed E-state index contributed by atoms with van der Waals surface area (Å²) in [6.45, 7) is 10.1. The largest absolute Gasteiger partial charge is 0.444 e. The number of ether oxygens (including phenoxy) is 1. The van der Waals surface area contributed by atoms with Crippen LogP contribution in [-0.2, 0) is 16.0 Å². The number of nitrogens with one attached hydrogen (secondary N) is 2. The minimum absolute atomic E-state index is 0.114. The SMILES string of the molecule is CC(=O)c1sc(NC(=O)NC2CCN(C(=O)OC(C)(C)C)CC2C(=O)N2CCCC(Cc3ccc(F)cc3)C2)nc1C. The molecule has 2 fully saturated rings. The van der Waals surface area contributed by atoms with Crippen LogP contribution in [0.2, 0.25) is 0 Å². The fourth-order valence-electron chi connectivity index (χ4n) is 5.57. The van der Waals surface area contributed by atoms with E-state index in [2.05, 4.69) is 15.6 Å². The molecule has 0 spiro atoms. The van der Waals surface area contributed by atoms with Gasteiger partial charge in [-0.15, -0.1) is 0 Å². The van der Waals surface area contributed by atoms with Crippen molar-refractivity contribution < 1.29 is 28.3 Å². The van der Waals surface area contributed by atoms with Crippen molar-refractivity contribution in [1.29, 1.82) is 0 Å². The van der Waals surface area contributed by atoms with Crippen molar-refractivity contribution in [2.24, 2.45) is 11.8 Å². The number of ketones is 1. The first-order valence-electron chi connectivity index (χ1n) is 14.4. The summed E-state index contributed by atoms with van der Waals surface area (Å²) in [7, 11) is 0. The second-order valence-corrected chi connectivity index (χ2v) is 13.1. The van der Waals surface area contributed by atoms with E-state index in [0.29, 0.717) is 41.8 Å². The third-order valence-electron chi connectivity index (χ3n) is 7.50. The van der Waals surface area contributed by atoms with E-state index in [-0.39, 0.29) is 30.0 Å². The zero-order valence-corrected chi connectivity index (χ0v) is 25.7. The van der Waals surface area contributed by atoms with Gasteiger partial charge in [0.05, 0.1) is 16.5 Å². The highest BCUT2D eigenvalue weighted by atomic mass is 32.1. The molecule has 2 aliphatic rings. The van der Waals surface area contributed by atoms with Gasteiger partial charge in [-0.1, -0.05) is 23.5 Å². The molecule has 0 aliphatic carbocycles. The fourth-order valence-corrected chi connectivity index (χ4v) is 6.42. The van der Waals surface area contributed by atoms with Gasteiger partial charge in [0.25, 0.3) is 0 Å². The molecule has 2 N–H and O–H groups in total. The Hall–Kier alpha value is -3.54. The highest BCUT2D eigenvalue weighted by molar-refractivity contribution is 7.17. The Balaban J connectivity index is 1.47. The quantitative estimate of drug-likeness (QED) is 0.449. The van der Waals surface area contributed by atoms with E-state index in [4.69, 9.17) is 4.74 Å². The number of thiazole rings is 1. The van der Waals surface area contributed by atoms with Crippen LogP contribution >= 0.6 is 11.3 Å². The Morgan fingerprint density at radius 3 is 2.43 bits per heavy atom. The van der Waals surface area contributed by atoms with Crippen LogP contribution in [-0.4, -0.2) is 76.4 Å². The topological polar surface area (TPSA) is 121 Å². The first-order valence-corrected chi connectivity index (χ1v) is 15.2. The molecule has 3 atom stereocenters. The lowest BCUT2D eigenvalue weighted by molar-refractivity contribution is -0.140. The molecule has 4 amide bonds.